The lowest BCUT2D eigenvalue weighted by atomic mass is 10.3. The first-order chi connectivity index (χ1) is 10.7. The fraction of sp³-hybridized carbons (Fsp3) is 0.125. The molecule has 0 amide bonds. The van der Waals surface area contributed by atoms with Gasteiger partial charge in [0.05, 0.1) is 17.6 Å². The Balaban J connectivity index is 2.05. The lowest BCUT2D eigenvalue weighted by Gasteiger charge is -2.16. The maximum Gasteiger partial charge on any atom is 0.292 e. The number of benzene rings is 1. The summed E-state index contributed by atoms with van der Waals surface area (Å²) in [5.74, 6) is -0.376. The molecule has 2 heterocycles. The van der Waals surface area contributed by atoms with Crippen LogP contribution in [-0.4, -0.2) is 9.78 Å². The molecule has 0 aliphatic carbocycles. The number of hydrogen-bond acceptors (Lipinski definition) is 3. The molecule has 0 bridgehead atoms. The van der Waals surface area contributed by atoms with Crippen LogP contribution >= 0.6 is 11.6 Å². The lowest BCUT2D eigenvalue weighted by molar-refractivity contribution is 0.626. The standard InChI is InChI=1S/C16H13ClFN3O/c17-15-14(20-9-3-1-2-4-10-20)11-19-21(16(15)22)13-7-5-12(18)6-8-13/h3-11H,1-2H2. The van der Waals surface area contributed by atoms with Crippen LogP contribution in [0.15, 0.2) is 59.8 Å². The van der Waals surface area contributed by atoms with Gasteiger partial charge >= 0.3 is 0 Å². The number of rotatable bonds is 2. The molecule has 1 aromatic carbocycles. The molecular weight excluding hydrogens is 305 g/mol. The largest absolute Gasteiger partial charge is 0.322 e. The van der Waals surface area contributed by atoms with Gasteiger partial charge < -0.3 is 4.90 Å². The SMILES string of the molecule is O=c1c(Cl)c(N2C=CCCC=C2)cnn1-c1ccc(F)cc1. The van der Waals surface area contributed by atoms with Crippen molar-refractivity contribution in [3.63, 3.8) is 0 Å². The number of nitrogens with zero attached hydrogens (tertiary/aromatic N) is 3. The highest BCUT2D eigenvalue weighted by molar-refractivity contribution is 6.33. The van der Waals surface area contributed by atoms with Gasteiger partial charge in [-0.1, -0.05) is 23.8 Å². The molecule has 0 spiro atoms. The van der Waals surface area contributed by atoms with Gasteiger partial charge in [-0.05, 0) is 37.1 Å². The van der Waals surface area contributed by atoms with Gasteiger partial charge in [-0.25, -0.2) is 4.39 Å². The van der Waals surface area contributed by atoms with E-state index in [1.54, 1.807) is 4.90 Å². The number of halogens is 2. The van der Waals surface area contributed by atoms with E-state index in [4.69, 9.17) is 11.6 Å². The molecule has 0 saturated heterocycles. The second-order valence-electron chi connectivity index (χ2n) is 4.79. The molecule has 6 heteroatoms. The predicted octanol–water partition coefficient (Wildman–Crippen LogP) is 3.65. The Morgan fingerprint density at radius 1 is 1.09 bits per heavy atom. The summed E-state index contributed by atoms with van der Waals surface area (Å²) in [6.07, 6.45) is 11.1. The first kappa shape index (κ1) is 14.5. The van der Waals surface area contributed by atoms with Crippen LogP contribution in [0.4, 0.5) is 10.1 Å². The lowest BCUT2D eigenvalue weighted by Crippen LogP contribution is -2.24. The van der Waals surface area contributed by atoms with Gasteiger partial charge in [0.15, 0.2) is 0 Å². The van der Waals surface area contributed by atoms with Gasteiger partial charge in [-0.3, -0.25) is 4.79 Å². The average Bonchev–Trinajstić information content (AvgIpc) is 2.80. The molecule has 2 aromatic rings. The smallest absolute Gasteiger partial charge is 0.292 e. The van der Waals surface area contributed by atoms with Gasteiger partial charge in [0, 0.05) is 12.4 Å². The predicted molar refractivity (Wildman–Crippen MR) is 84.8 cm³/mol. The van der Waals surface area contributed by atoms with Crippen LogP contribution in [-0.2, 0) is 0 Å². The van der Waals surface area contributed by atoms with Crippen molar-refractivity contribution in [2.75, 3.05) is 4.90 Å². The first-order valence-electron chi connectivity index (χ1n) is 6.82. The van der Waals surface area contributed by atoms with Crippen molar-refractivity contribution >= 4 is 17.3 Å². The summed E-state index contributed by atoms with van der Waals surface area (Å²) in [6.45, 7) is 0. The van der Waals surface area contributed by atoms with Crippen molar-refractivity contribution in [1.82, 2.24) is 9.78 Å². The number of hydrogen-bond donors (Lipinski definition) is 0. The summed E-state index contributed by atoms with van der Waals surface area (Å²) in [4.78, 5) is 14.2. The quantitative estimate of drug-likeness (QED) is 0.848. The van der Waals surface area contributed by atoms with Crippen molar-refractivity contribution in [3.05, 3.63) is 76.2 Å². The maximum absolute atomic E-state index is 13.0. The highest BCUT2D eigenvalue weighted by atomic mass is 35.5. The van der Waals surface area contributed by atoms with E-state index in [9.17, 15) is 9.18 Å². The zero-order valence-electron chi connectivity index (χ0n) is 11.6. The molecule has 1 aliphatic rings. The molecular formula is C16H13ClFN3O. The molecule has 0 saturated carbocycles. The van der Waals surface area contributed by atoms with E-state index in [0.29, 0.717) is 11.4 Å². The molecule has 4 nitrogen and oxygen atoms in total. The third-order valence-corrected chi connectivity index (χ3v) is 3.64. The van der Waals surface area contributed by atoms with Crippen LogP contribution < -0.4 is 10.5 Å². The Morgan fingerprint density at radius 3 is 2.36 bits per heavy atom. The first-order valence-corrected chi connectivity index (χ1v) is 7.20. The minimum Gasteiger partial charge on any atom is -0.322 e. The Morgan fingerprint density at radius 2 is 1.73 bits per heavy atom. The summed E-state index contributed by atoms with van der Waals surface area (Å²) in [5, 5.41) is 4.20. The molecule has 0 atom stereocenters. The summed E-state index contributed by atoms with van der Waals surface area (Å²) in [5.41, 5.74) is 0.526. The zero-order valence-corrected chi connectivity index (χ0v) is 12.4. The number of allylic oxidation sites excluding steroid dienone is 2. The molecule has 22 heavy (non-hydrogen) atoms. The molecule has 0 N–H and O–H groups in total. The molecule has 0 fully saturated rings. The Bertz CT molecular complexity index is 782. The van der Waals surface area contributed by atoms with Crippen LogP contribution in [0.3, 0.4) is 0 Å². The normalized spacial score (nSPS) is 14.2. The van der Waals surface area contributed by atoms with Crippen molar-refractivity contribution in [3.8, 4) is 5.69 Å². The average molecular weight is 318 g/mol. The van der Waals surface area contributed by atoms with E-state index in [0.717, 1.165) is 17.5 Å². The summed E-state index contributed by atoms with van der Waals surface area (Å²) < 4.78 is 14.1. The van der Waals surface area contributed by atoms with Crippen LogP contribution in [0.5, 0.6) is 0 Å². The molecule has 3 rings (SSSR count). The van der Waals surface area contributed by atoms with Gasteiger partial charge in [-0.2, -0.15) is 9.78 Å². The monoisotopic (exact) mass is 317 g/mol. The summed E-state index contributed by atoms with van der Waals surface area (Å²) in [6, 6.07) is 5.49. The summed E-state index contributed by atoms with van der Waals surface area (Å²) in [7, 11) is 0. The molecule has 1 aliphatic heterocycles. The fourth-order valence-corrected chi connectivity index (χ4v) is 2.38. The molecule has 1 aromatic heterocycles. The third-order valence-electron chi connectivity index (χ3n) is 3.28. The van der Waals surface area contributed by atoms with Crippen molar-refractivity contribution in [2.24, 2.45) is 0 Å². The molecule has 0 unspecified atom stereocenters. The van der Waals surface area contributed by atoms with Crippen molar-refractivity contribution in [1.29, 1.82) is 0 Å². The van der Waals surface area contributed by atoms with E-state index in [-0.39, 0.29) is 10.8 Å². The van der Waals surface area contributed by atoms with Gasteiger partial charge in [-0.15, -0.1) is 0 Å². The van der Waals surface area contributed by atoms with E-state index in [1.807, 2.05) is 24.6 Å². The van der Waals surface area contributed by atoms with Gasteiger partial charge in [0.1, 0.15) is 10.8 Å². The van der Waals surface area contributed by atoms with Gasteiger partial charge in [0.2, 0.25) is 0 Å². The highest BCUT2D eigenvalue weighted by Gasteiger charge is 2.14. The Labute approximate surface area is 131 Å². The van der Waals surface area contributed by atoms with Crippen LogP contribution in [0.2, 0.25) is 5.02 Å². The zero-order chi connectivity index (χ0) is 15.5. The second-order valence-corrected chi connectivity index (χ2v) is 5.17. The van der Waals surface area contributed by atoms with E-state index in [2.05, 4.69) is 5.10 Å². The molecule has 112 valence electrons. The summed E-state index contributed by atoms with van der Waals surface area (Å²) >= 11 is 6.21. The second kappa shape index (κ2) is 6.15. The van der Waals surface area contributed by atoms with Gasteiger partial charge in [0.25, 0.3) is 5.56 Å². The molecule has 0 radical (unpaired) electrons. The van der Waals surface area contributed by atoms with Crippen LogP contribution in [0, 0.1) is 5.82 Å². The highest BCUT2D eigenvalue weighted by Crippen LogP contribution is 2.23. The van der Waals surface area contributed by atoms with Crippen LogP contribution in [0.25, 0.3) is 5.69 Å². The third kappa shape index (κ3) is 2.80. The van der Waals surface area contributed by atoms with E-state index >= 15 is 0 Å². The fourth-order valence-electron chi connectivity index (χ4n) is 2.15. The Hall–Kier alpha value is -2.40. The van der Waals surface area contributed by atoms with E-state index in [1.165, 1.54) is 30.5 Å². The van der Waals surface area contributed by atoms with Crippen molar-refractivity contribution in [2.45, 2.75) is 12.8 Å². The maximum atomic E-state index is 13.0. The number of anilines is 1. The minimum atomic E-state index is -0.447. The topological polar surface area (TPSA) is 38.1 Å². The minimum absolute atomic E-state index is 0.0653. The Kier molecular flexibility index (Phi) is 4.06. The van der Waals surface area contributed by atoms with Crippen LogP contribution in [0.1, 0.15) is 12.8 Å². The van der Waals surface area contributed by atoms with Crippen molar-refractivity contribution < 1.29 is 4.39 Å². The van der Waals surface area contributed by atoms with E-state index < -0.39 is 5.56 Å². The number of aromatic nitrogens is 2.